The first-order valence-corrected chi connectivity index (χ1v) is 9.10. The second kappa shape index (κ2) is 8.55. The van der Waals surface area contributed by atoms with Crippen LogP contribution in [0.15, 0.2) is 48.5 Å². The highest BCUT2D eigenvalue weighted by Gasteiger charge is 2.15. The molecule has 0 amide bonds. The Hall–Kier alpha value is -3.06. The van der Waals surface area contributed by atoms with E-state index in [-0.39, 0.29) is 4.88 Å². The van der Waals surface area contributed by atoms with Crippen molar-refractivity contribution < 1.29 is 24.1 Å². The average molecular weight is 385 g/mol. The summed E-state index contributed by atoms with van der Waals surface area (Å²) in [6.07, 6.45) is 0. The molecule has 3 rings (SSSR count). The van der Waals surface area contributed by atoms with Crippen molar-refractivity contribution in [3.63, 3.8) is 0 Å². The molecule has 0 saturated heterocycles. The minimum atomic E-state index is -0.961. The molecule has 0 aliphatic heterocycles. The lowest BCUT2D eigenvalue weighted by atomic mass is 10.2. The van der Waals surface area contributed by atoms with Crippen molar-refractivity contribution in [2.24, 2.45) is 0 Å². The third kappa shape index (κ3) is 4.57. The van der Waals surface area contributed by atoms with E-state index in [1.165, 1.54) is 0 Å². The Labute approximate surface area is 161 Å². The van der Waals surface area contributed by atoms with E-state index >= 15 is 0 Å². The van der Waals surface area contributed by atoms with E-state index in [4.69, 9.17) is 14.2 Å². The van der Waals surface area contributed by atoms with Crippen LogP contribution in [0.25, 0.3) is 10.6 Å². The van der Waals surface area contributed by atoms with Gasteiger partial charge in [-0.3, -0.25) is 0 Å². The number of ether oxygens (including phenoxy) is 3. The second-order valence-corrected chi connectivity index (χ2v) is 6.61. The Bertz CT molecular complexity index is 938. The van der Waals surface area contributed by atoms with Crippen molar-refractivity contribution in [3.8, 4) is 27.8 Å². The highest BCUT2D eigenvalue weighted by molar-refractivity contribution is 7.17. The molecule has 0 atom stereocenters. The number of aromatic nitrogens is 1. The summed E-state index contributed by atoms with van der Waals surface area (Å²) in [5.41, 5.74) is 1.33. The molecule has 1 aromatic heterocycles. The van der Waals surface area contributed by atoms with Crippen LogP contribution in [0.4, 0.5) is 0 Å². The van der Waals surface area contributed by atoms with Crippen LogP contribution >= 0.6 is 11.3 Å². The van der Waals surface area contributed by atoms with Gasteiger partial charge in [0.25, 0.3) is 0 Å². The molecule has 0 aliphatic rings. The molecule has 0 fully saturated rings. The number of thiazole rings is 1. The Morgan fingerprint density at radius 2 is 1.81 bits per heavy atom. The van der Waals surface area contributed by atoms with Gasteiger partial charge in [0.05, 0.1) is 12.8 Å². The molecular weight excluding hydrogens is 366 g/mol. The first-order chi connectivity index (χ1) is 13.1. The van der Waals surface area contributed by atoms with E-state index in [9.17, 15) is 9.90 Å². The normalized spacial score (nSPS) is 10.4. The van der Waals surface area contributed by atoms with Gasteiger partial charge in [0.15, 0.2) is 11.5 Å². The fourth-order valence-electron chi connectivity index (χ4n) is 2.49. The predicted octanol–water partition coefficient (Wildman–Crippen LogP) is 4.28. The molecule has 0 aliphatic carbocycles. The van der Waals surface area contributed by atoms with Gasteiger partial charge in [-0.05, 0) is 31.2 Å². The average Bonchev–Trinajstić information content (AvgIpc) is 3.08. The fourth-order valence-corrected chi connectivity index (χ4v) is 3.39. The Morgan fingerprint density at radius 1 is 1.07 bits per heavy atom. The highest BCUT2D eigenvalue weighted by atomic mass is 32.1. The molecule has 0 spiro atoms. The lowest BCUT2D eigenvalue weighted by molar-refractivity contribution is 0.0701. The van der Waals surface area contributed by atoms with E-state index < -0.39 is 5.97 Å². The zero-order valence-electron chi connectivity index (χ0n) is 15.0. The molecule has 0 bridgehead atoms. The Morgan fingerprint density at radius 3 is 2.52 bits per heavy atom. The largest absolute Gasteiger partial charge is 0.493 e. The number of hydrogen-bond donors (Lipinski definition) is 1. The number of benzene rings is 2. The smallest absolute Gasteiger partial charge is 0.347 e. The molecule has 1 N–H and O–H groups in total. The zero-order chi connectivity index (χ0) is 19.2. The van der Waals surface area contributed by atoms with Gasteiger partial charge in [-0.2, -0.15) is 0 Å². The summed E-state index contributed by atoms with van der Waals surface area (Å²) in [5.74, 6) is 1.04. The van der Waals surface area contributed by atoms with E-state index in [2.05, 4.69) is 4.98 Å². The van der Waals surface area contributed by atoms with Gasteiger partial charge in [0.1, 0.15) is 28.8 Å². The quantitative estimate of drug-likeness (QED) is 0.583. The summed E-state index contributed by atoms with van der Waals surface area (Å²) in [7, 11) is 1.60. The summed E-state index contributed by atoms with van der Waals surface area (Å²) >= 11 is 1.15. The van der Waals surface area contributed by atoms with Crippen molar-refractivity contribution in [2.45, 2.75) is 6.92 Å². The molecule has 27 heavy (non-hydrogen) atoms. The number of carboxylic acid groups (broad SMARTS) is 1. The minimum Gasteiger partial charge on any atom is -0.493 e. The second-order valence-electron chi connectivity index (χ2n) is 5.61. The number of para-hydroxylation sites is 2. The predicted molar refractivity (Wildman–Crippen MR) is 103 cm³/mol. The number of carbonyl (C=O) groups is 1. The molecule has 7 heteroatoms. The van der Waals surface area contributed by atoms with Crippen LogP contribution < -0.4 is 14.2 Å². The van der Waals surface area contributed by atoms with E-state index in [1.54, 1.807) is 14.0 Å². The van der Waals surface area contributed by atoms with Crippen molar-refractivity contribution in [2.75, 3.05) is 20.3 Å². The maximum absolute atomic E-state index is 11.2. The monoisotopic (exact) mass is 385 g/mol. The lowest BCUT2D eigenvalue weighted by Crippen LogP contribution is -2.09. The van der Waals surface area contributed by atoms with Crippen LogP contribution in [0.5, 0.6) is 17.2 Å². The van der Waals surface area contributed by atoms with Crippen molar-refractivity contribution in [1.82, 2.24) is 4.98 Å². The molecule has 2 aromatic carbocycles. The van der Waals surface area contributed by atoms with Gasteiger partial charge in [0, 0.05) is 5.56 Å². The van der Waals surface area contributed by atoms with Crippen molar-refractivity contribution >= 4 is 17.3 Å². The molecule has 1 heterocycles. The van der Waals surface area contributed by atoms with E-state index in [1.807, 2.05) is 48.5 Å². The number of carboxylic acids is 1. The Kier molecular flexibility index (Phi) is 5.93. The first kappa shape index (κ1) is 18.7. The van der Waals surface area contributed by atoms with Gasteiger partial charge in [-0.15, -0.1) is 11.3 Å². The van der Waals surface area contributed by atoms with E-state index in [0.717, 1.165) is 16.9 Å². The number of nitrogens with zero attached hydrogens (tertiary/aromatic N) is 1. The molecular formula is C20H19NO5S. The number of aryl methyl sites for hydroxylation is 1. The van der Waals surface area contributed by atoms with Gasteiger partial charge < -0.3 is 19.3 Å². The summed E-state index contributed by atoms with van der Waals surface area (Å²) in [6.45, 7) is 2.42. The van der Waals surface area contributed by atoms with E-state index in [0.29, 0.717) is 41.2 Å². The van der Waals surface area contributed by atoms with Crippen LogP contribution in [0.3, 0.4) is 0 Å². The number of methoxy groups -OCH3 is 1. The first-order valence-electron chi connectivity index (χ1n) is 8.28. The van der Waals surface area contributed by atoms with Crippen LogP contribution in [-0.4, -0.2) is 36.4 Å². The van der Waals surface area contributed by atoms with Crippen LogP contribution in [0, 0.1) is 6.92 Å². The maximum Gasteiger partial charge on any atom is 0.347 e. The molecule has 140 valence electrons. The number of aromatic carboxylic acids is 1. The number of rotatable bonds is 8. The van der Waals surface area contributed by atoms with Crippen molar-refractivity contribution in [3.05, 3.63) is 59.1 Å². The highest BCUT2D eigenvalue weighted by Crippen LogP contribution is 2.30. The fraction of sp³-hybridized carbons (Fsp3) is 0.200. The third-order valence-electron chi connectivity index (χ3n) is 3.75. The summed E-state index contributed by atoms with van der Waals surface area (Å²) in [5, 5.41) is 9.83. The van der Waals surface area contributed by atoms with Gasteiger partial charge in [-0.25, -0.2) is 9.78 Å². The molecule has 6 nitrogen and oxygen atoms in total. The summed E-state index contributed by atoms with van der Waals surface area (Å²) in [4.78, 5) is 15.8. The van der Waals surface area contributed by atoms with Gasteiger partial charge in [0.2, 0.25) is 0 Å². The van der Waals surface area contributed by atoms with Crippen LogP contribution in [-0.2, 0) is 0 Å². The molecule has 3 aromatic rings. The molecule has 0 radical (unpaired) electrons. The van der Waals surface area contributed by atoms with Crippen LogP contribution in [0.1, 0.15) is 15.4 Å². The van der Waals surface area contributed by atoms with Crippen molar-refractivity contribution in [1.29, 1.82) is 0 Å². The summed E-state index contributed by atoms with van der Waals surface area (Å²) < 4.78 is 16.7. The Balaban J connectivity index is 1.61. The van der Waals surface area contributed by atoms with Crippen LogP contribution in [0.2, 0.25) is 0 Å². The lowest BCUT2D eigenvalue weighted by Gasteiger charge is -2.11. The topological polar surface area (TPSA) is 77.9 Å². The zero-order valence-corrected chi connectivity index (χ0v) is 15.8. The standard InChI is InChI=1S/C20H19NO5S/c1-13-18(20(22)23)27-19(21-13)14-6-5-7-15(12-14)25-10-11-26-17-9-4-3-8-16(17)24-2/h3-9,12H,10-11H2,1-2H3,(H,22,23). The maximum atomic E-state index is 11.2. The SMILES string of the molecule is COc1ccccc1OCCOc1cccc(-c2nc(C)c(C(=O)O)s2)c1. The minimum absolute atomic E-state index is 0.251. The van der Waals surface area contributed by atoms with Gasteiger partial charge in [-0.1, -0.05) is 24.3 Å². The molecule has 0 unspecified atom stereocenters. The number of hydrogen-bond acceptors (Lipinski definition) is 6. The molecule has 0 saturated carbocycles. The van der Waals surface area contributed by atoms with Gasteiger partial charge >= 0.3 is 5.97 Å². The third-order valence-corrected chi connectivity index (χ3v) is 4.95. The summed E-state index contributed by atoms with van der Waals surface area (Å²) in [6, 6.07) is 14.8.